The lowest BCUT2D eigenvalue weighted by Crippen LogP contribution is -2.49. The molecular formula is C18H26FN3O2. The zero-order valence-corrected chi connectivity index (χ0v) is 14.2. The van der Waals surface area contributed by atoms with E-state index in [2.05, 4.69) is 16.7 Å². The molecule has 2 heterocycles. The second kappa shape index (κ2) is 7.59. The molecule has 2 aliphatic rings. The van der Waals surface area contributed by atoms with Crippen LogP contribution in [-0.4, -0.2) is 77.6 Å². The zero-order valence-electron chi connectivity index (χ0n) is 14.2. The van der Waals surface area contributed by atoms with Crippen LogP contribution in [0.4, 0.5) is 4.39 Å². The Morgan fingerprint density at radius 2 is 1.79 bits per heavy atom. The van der Waals surface area contributed by atoms with Gasteiger partial charge in [0, 0.05) is 32.7 Å². The fourth-order valence-corrected chi connectivity index (χ4v) is 3.64. The number of rotatable bonds is 4. The third kappa shape index (κ3) is 3.94. The van der Waals surface area contributed by atoms with Gasteiger partial charge in [-0.2, -0.15) is 0 Å². The molecule has 24 heavy (non-hydrogen) atoms. The molecule has 0 spiro atoms. The summed E-state index contributed by atoms with van der Waals surface area (Å²) < 4.78 is 13.1. The topological polar surface area (TPSA) is 47.0 Å². The van der Waals surface area contributed by atoms with Crippen molar-refractivity contribution in [3.63, 3.8) is 0 Å². The minimum atomic E-state index is -0.513. The number of amides is 1. The maximum Gasteiger partial charge on any atom is 0.237 e. The largest absolute Gasteiger partial charge is 0.391 e. The Hall–Kier alpha value is -1.50. The first kappa shape index (κ1) is 17.3. The summed E-state index contributed by atoms with van der Waals surface area (Å²) in [5.41, 5.74) is 0.886. The number of piperazine rings is 1. The van der Waals surface area contributed by atoms with E-state index in [4.69, 9.17) is 0 Å². The summed E-state index contributed by atoms with van der Waals surface area (Å²) in [6.45, 7) is 7.74. The smallest absolute Gasteiger partial charge is 0.237 e. The van der Waals surface area contributed by atoms with Crippen LogP contribution in [0.1, 0.15) is 24.9 Å². The molecule has 132 valence electrons. The van der Waals surface area contributed by atoms with Crippen molar-refractivity contribution in [3.8, 4) is 0 Å². The zero-order chi connectivity index (χ0) is 17.1. The van der Waals surface area contributed by atoms with Crippen LogP contribution in [-0.2, 0) is 4.79 Å². The number of hydrogen-bond acceptors (Lipinski definition) is 4. The number of aliphatic hydroxyl groups is 1. The molecular weight excluding hydrogens is 309 g/mol. The Labute approximate surface area is 142 Å². The fourth-order valence-electron chi connectivity index (χ4n) is 3.64. The van der Waals surface area contributed by atoms with Crippen LogP contribution < -0.4 is 0 Å². The summed E-state index contributed by atoms with van der Waals surface area (Å²) in [4.78, 5) is 19.1. The van der Waals surface area contributed by atoms with Gasteiger partial charge < -0.3 is 14.9 Å². The molecule has 2 fully saturated rings. The summed E-state index contributed by atoms with van der Waals surface area (Å²) in [5, 5.41) is 10.0. The number of β-amino-alcohol motifs (C(OH)–C–C–N with tert-alkyl or cyclic N) is 1. The van der Waals surface area contributed by atoms with Gasteiger partial charge in [0.25, 0.3) is 0 Å². The molecule has 0 unspecified atom stereocenters. The molecule has 0 aliphatic carbocycles. The number of halogens is 1. The van der Waals surface area contributed by atoms with Gasteiger partial charge in [-0.3, -0.25) is 9.69 Å². The number of nitrogens with zero attached hydrogens (tertiary/aromatic N) is 3. The number of likely N-dealkylation sites (tertiary alicyclic amines) is 1. The number of likely N-dealkylation sites (N-methyl/N-ethyl adjacent to an activating group) is 1. The van der Waals surface area contributed by atoms with E-state index in [-0.39, 0.29) is 17.8 Å². The third-order valence-electron chi connectivity index (χ3n) is 5.13. The Balaban J connectivity index is 1.63. The minimum absolute atomic E-state index is 0.0471. The SMILES string of the molecule is CCN1CCN(CC(=O)N2C[C@@H](O)C[C@@H]2c2ccc(F)cc2)CC1. The molecule has 0 saturated carbocycles. The van der Waals surface area contributed by atoms with Gasteiger partial charge in [-0.25, -0.2) is 4.39 Å². The minimum Gasteiger partial charge on any atom is -0.391 e. The number of aliphatic hydroxyl groups excluding tert-OH is 1. The van der Waals surface area contributed by atoms with Crippen LogP contribution >= 0.6 is 0 Å². The average Bonchev–Trinajstić information content (AvgIpc) is 2.98. The van der Waals surface area contributed by atoms with Gasteiger partial charge >= 0.3 is 0 Å². The molecule has 3 rings (SSSR count). The molecule has 0 aromatic heterocycles. The van der Waals surface area contributed by atoms with Gasteiger partial charge in [0.05, 0.1) is 18.7 Å². The van der Waals surface area contributed by atoms with Gasteiger partial charge in [-0.1, -0.05) is 19.1 Å². The molecule has 0 bridgehead atoms. The first-order valence-corrected chi connectivity index (χ1v) is 8.74. The van der Waals surface area contributed by atoms with Crippen LogP contribution in [0.25, 0.3) is 0 Å². The molecule has 0 radical (unpaired) electrons. The first-order chi connectivity index (χ1) is 11.6. The molecule has 5 nitrogen and oxygen atoms in total. The highest BCUT2D eigenvalue weighted by molar-refractivity contribution is 5.79. The lowest BCUT2D eigenvalue weighted by Gasteiger charge is -2.35. The van der Waals surface area contributed by atoms with Gasteiger partial charge in [0.2, 0.25) is 5.91 Å². The first-order valence-electron chi connectivity index (χ1n) is 8.74. The quantitative estimate of drug-likeness (QED) is 0.895. The highest BCUT2D eigenvalue weighted by atomic mass is 19.1. The van der Waals surface area contributed by atoms with Crippen molar-refractivity contribution in [1.82, 2.24) is 14.7 Å². The third-order valence-corrected chi connectivity index (χ3v) is 5.13. The number of benzene rings is 1. The molecule has 1 N–H and O–H groups in total. The van der Waals surface area contributed by atoms with Gasteiger partial charge in [-0.15, -0.1) is 0 Å². The van der Waals surface area contributed by atoms with Crippen molar-refractivity contribution >= 4 is 5.91 Å². The Morgan fingerprint density at radius 1 is 1.17 bits per heavy atom. The number of carbonyl (C=O) groups excluding carboxylic acids is 1. The van der Waals surface area contributed by atoms with E-state index in [1.165, 1.54) is 12.1 Å². The Kier molecular flexibility index (Phi) is 5.48. The molecule has 1 aromatic carbocycles. The second-order valence-corrected chi connectivity index (χ2v) is 6.71. The average molecular weight is 335 g/mol. The van der Waals surface area contributed by atoms with Crippen molar-refractivity contribution in [1.29, 1.82) is 0 Å². The second-order valence-electron chi connectivity index (χ2n) is 6.71. The summed E-state index contributed by atoms with van der Waals surface area (Å²) in [5.74, 6) is -0.241. The fraction of sp³-hybridized carbons (Fsp3) is 0.611. The predicted molar refractivity (Wildman–Crippen MR) is 90.0 cm³/mol. The summed E-state index contributed by atoms with van der Waals surface area (Å²) in [7, 11) is 0. The van der Waals surface area contributed by atoms with E-state index in [0.29, 0.717) is 19.5 Å². The van der Waals surface area contributed by atoms with Gasteiger partial charge in [0.15, 0.2) is 0 Å². The normalized spacial score (nSPS) is 26.0. The molecule has 2 saturated heterocycles. The van der Waals surface area contributed by atoms with Crippen molar-refractivity contribution in [2.24, 2.45) is 0 Å². The van der Waals surface area contributed by atoms with Crippen LogP contribution in [0.2, 0.25) is 0 Å². The number of carbonyl (C=O) groups is 1. The summed E-state index contributed by atoms with van der Waals surface area (Å²) in [6, 6.07) is 6.07. The maximum absolute atomic E-state index is 13.1. The van der Waals surface area contributed by atoms with E-state index < -0.39 is 6.10 Å². The maximum atomic E-state index is 13.1. The van der Waals surface area contributed by atoms with Crippen LogP contribution in [0, 0.1) is 5.82 Å². The lowest BCUT2D eigenvalue weighted by molar-refractivity contribution is -0.134. The summed E-state index contributed by atoms with van der Waals surface area (Å²) >= 11 is 0. The van der Waals surface area contributed by atoms with Crippen LogP contribution in [0.15, 0.2) is 24.3 Å². The molecule has 6 heteroatoms. The van der Waals surface area contributed by atoms with Gasteiger partial charge in [-0.05, 0) is 30.7 Å². The van der Waals surface area contributed by atoms with E-state index in [9.17, 15) is 14.3 Å². The monoisotopic (exact) mass is 335 g/mol. The van der Waals surface area contributed by atoms with Gasteiger partial charge in [0.1, 0.15) is 5.82 Å². The highest BCUT2D eigenvalue weighted by Gasteiger charge is 2.35. The Morgan fingerprint density at radius 3 is 2.42 bits per heavy atom. The molecule has 1 amide bonds. The Bertz CT molecular complexity index is 558. The standard InChI is InChI=1S/C18H26FN3O2/c1-2-20-7-9-21(10-8-20)13-18(24)22-12-16(23)11-17(22)14-3-5-15(19)6-4-14/h3-6,16-17,23H,2,7-13H2,1H3/t16-,17+/m0/s1. The molecule has 2 atom stereocenters. The van der Waals surface area contributed by atoms with E-state index >= 15 is 0 Å². The predicted octanol–water partition coefficient (Wildman–Crippen LogP) is 1.10. The molecule has 2 aliphatic heterocycles. The van der Waals surface area contributed by atoms with E-state index in [1.54, 1.807) is 17.0 Å². The highest BCUT2D eigenvalue weighted by Crippen LogP contribution is 2.32. The van der Waals surface area contributed by atoms with Crippen LogP contribution in [0.3, 0.4) is 0 Å². The molecule has 1 aromatic rings. The van der Waals surface area contributed by atoms with Crippen molar-refractivity contribution < 1.29 is 14.3 Å². The summed E-state index contributed by atoms with van der Waals surface area (Å²) in [6.07, 6.45) is 0.00185. The van der Waals surface area contributed by atoms with Crippen molar-refractivity contribution in [3.05, 3.63) is 35.6 Å². The van der Waals surface area contributed by atoms with Crippen molar-refractivity contribution in [2.75, 3.05) is 45.8 Å². The number of hydrogen-bond donors (Lipinski definition) is 1. The van der Waals surface area contributed by atoms with E-state index in [1.807, 2.05) is 0 Å². The van der Waals surface area contributed by atoms with E-state index in [0.717, 1.165) is 38.3 Å². The van der Waals surface area contributed by atoms with Crippen LogP contribution in [0.5, 0.6) is 0 Å². The van der Waals surface area contributed by atoms with Crippen molar-refractivity contribution in [2.45, 2.75) is 25.5 Å². The lowest BCUT2D eigenvalue weighted by atomic mass is 10.0.